The summed E-state index contributed by atoms with van der Waals surface area (Å²) in [5.41, 5.74) is 4.23. The van der Waals surface area contributed by atoms with E-state index in [-0.39, 0.29) is 22.9 Å². The second kappa shape index (κ2) is 20.5. The zero-order chi connectivity index (χ0) is 28.4. The molecule has 3 aromatic rings. The molecule has 0 saturated carbocycles. The Hall–Kier alpha value is -2.37. The van der Waals surface area contributed by atoms with Crippen LogP contribution in [0.25, 0.3) is 0 Å². The molecule has 6 heteroatoms. The average molecular weight is 644 g/mol. The molecule has 224 valence electrons. The molecule has 2 aromatic carbocycles. The third-order valence-electron chi connectivity index (χ3n) is 7.37. The molecule has 4 nitrogen and oxygen atoms in total. The fraction of sp³-hybridized carbons (Fsp3) is 0.486. The number of anilines is 1. The number of carbonyl (C=O) groups is 1. The number of hydrogen-bond acceptors (Lipinski definition) is 2. The first-order chi connectivity index (χ1) is 19.6. The Labute approximate surface area is 263 Å². The monoisotopic (exact) mass is 642 g/mol. The molecule has 0 aliphatic rings. The van der Waals surface area contributed by atoms with E-state index in [0.717, 1.165) is 29.7 Å². The Morgan fingerprint density at radius 3 is 2.10 bits per heavy atom. The van der Waals surface area contributed by atoms with E-state index in [9.17, 15) is 4.79 Å². The van der Waals surface area contributed by atoms with Crippen LogP contribution in [0.4, 0.5) is 5.69 Å². The molecule has 0 fully saturated rings. The zero-order valence-electron chi connectivity index (χ0n) is 25.0. The summed E-state index contributed by atoms with van der Waals surface area (Å²) in [5, 5.41) is 0.610. The van der Waals surface area contributed by atoms with Crippen molar-refractivity contribution in [3.05, 3.63) is 88.7 Å². The zero-order valence-corrected chi connectivity index (χ0v) is 27.3. The number of amides is 1. The lowest BCUT2D eigenvalue weighted by Crippen LogP contribution is -3.00. The summed E-state index contributed by atoms with van der Waals surface area (Å²) < 4.78 is 6.06. The Morgan fingerprint density at radius 1 is 0.805 bits per heavy atom. The molecule has 0 radical (unpaired) electrons. The molecule has 1 amide bonds. The van der Waals surface area contributed by atoms with Crippen molar-refractivity contribution in [2.24, 2.45) is 0 Å². The van der Waals surface area contributed by atoms with Gasteiger partial charge in [-0.3, -0.25) is 4.79 Å². The van der Waals surface area contributed by atoms with Gasteiger partial charge in [-0.2, -0.15) is 0 Å². The highest BCUT2D eigenvalue weighted by Crippen LogP contribution is 2.28. The Morgan fingerprint density at radius 2 is 1.46 bits per heavy atom. The third-order valence-corrected chi connectivity index (χ3v) is 7.69. The number of nitrogens with one attached hydrogen (secondary N) is 1. The van der Waals surface area contributed by atoms with Crippen LogP contribution in [-0.2, 0) is 17.8 Å². The van der Waals surface area contributed by atoms with Crippen LogP contribution in [0.15, 0.2) is 67.0 Å². The number of hydrogen-bond donors (Lipinski definition) is 0. The Bertz CT molecular complexity index is 1140. The molecule has 0 aliphatic carbocycles. The van der Waals surface area contributed by atoms with Gasteiger partial charge >= 0.3 is 0 Å². The van der Waals surface area contributed by atoms with Gasteiger partial charge in [0.2, 0.25) is 5.91 Å². The maximum absolute atomic E-state index is 12.6. The summed E-state index contributed by atoms with van der Waals surface area (Å²) in [6, 6.07) is 18.1. The van der Waals surface area contributed by atoms with Crippen LogP contribution >= 0.6 is 11.6 Å². The molecule has 3 rings (SSSR count). The molecule has 0 atom stereocenters. The van der Waals surface area contributed by atoms with Crippen molar-refractivity contribution in [2.45, 2.75) is 104 Å². The lowest BCUT2D eigenvalue weighted by Gasteiger charge is -2.22. The molecule has 1 N–H and O–H groups in total. The number of ether oxygens (including phenoxy) is 1. The maximum Gasteiger partial charge on any atom is 0.224 e. The normalized spacial score (nSPS) is 10.7. The van der Waals surface area contributed by atoms with Crippen LogP contribution in [0.2, 0.25) is 5.02 Å². The van der Waals surface area contributed by atoms with Crippen molar-refractivity contribution < 1.29 is 31.5 Å². The quantitative estimate of drug-likeness (QED) is 0.142. The number of aromatic nitrogens is 1. The highest BCUT2D eigenvalue weighted by Gasteiger charge is 2.14. The lowest BCUT2D eigenvalue weighted by atomic mass is 10.1. The van der Waals surface area contributed by atoms with Gasteiger partial charge in [0.15, 0.2) is 12.4 Å². The van der Waals surface area contributed by atoms with E-state index in [1.807, 2.05) is 48.8 Å². The van der Waals surface area contributed by atoms with E-state index < -0.39 is 0 Å². The minimum absolute atomic E-state index is 0. The van der Waals surface area contributed by atoms with Crippen LogP contribution in [0, 0.1) is 0 Å². The molecule has 0 saturated heterocycles. The van der Waals surface area contributed by atoms with Gasteiger partial charge < -0.3 is 26.6 Å². The van der Waals surface area contributed by atoms with Crippen molar-refractivity contribution in [3.8, 4) is 5.75 Å². The molecule has 0 unspecified atom stereocenters. The summed E-state index contributed by atoms with van der Waals surface area (Å²) >= 11 is 6.45. The molecular weight excluding hydrogens is 596 g/mol. The smallest absolute Gasteiger partial charge is 0.224 e. The van der Waals surface area contributed by atoms with Crippen LogP contribution in [0.5, 0.6) is 5.75 Å². The number of pyridine rings is 1. The molecule has 1 heterocycles. The lowest BCUT2D eigenvalue weighted by molar-refractivity contribution is -0.378. The fourth-order valence-electron chi connectivity index (χ4n) is 5.06. The van der Waals surface area contributed by atoms with Crippen LogP contribution < -0.4 is 31.6 Å². The summed E-state index contributed by atoms with van der Waals surface area (Å²) in [5.74, 6) is 0.693. The summed E-state index contributed by atoms with van der Waals surface area (Å²) in [6.45, 7) is 5.01. The SMILES string of the molecule is CCCCCCCCCCCCCCOc1cc(CN(C(C)=O)c2cccc(Cc3ccc[nH+]c3)c2)ccc1Cl.[Br-]. The minimum Gasteiger partial charge on any atom is -1.00 e. The van der Waals surface area contributed by atoms with E-state index in [4.69, 9.17) is 16.3 Å². The number of benzene rings is 2. The van der Waals surface area contributed by atoms with E-state index in [1.165, 1.54) is 76.2 Å². The Kier molecular flexibility index (Phi) is 17.4. The number of rotatable bonds is 19. The van der Waals surface area contributed by atoms with E-state index in [2.05, 4.69) is 30.1 Å². The van der Waals surface area contributed by atoms with Crippen molar-refractivity contribution in [1.82, 2.24) is 0 Å². The molecule has 0 aliphatic heterocycles. The van der Waals surface area contributed by atoms with Crippen molar-refractivity contribution in [2.75, 3.05) is 11.5 Å². The van der Waals surface area contributed by atoms with Gasteiger partial charge in [0.25, 0.3) is 0 Å². The fourth-order valence-corrected chi connectivity index (χ4v) is 5.23. The van der Waals surface area contributed by atoms with Crippen molar-refractivity contribution in [1.29, 1.82) is 0 Å². The average Bonchev–Trinajstić information content (AvgIpc) is 2.96. The van der Waals surface area contributed by atoms with Gasteiger partial charge in [-0.1, -0.05) is 107 Å². The van der Waals surface area contributed by atoms with Crippen LogP contribution in [0.1, 0.15) is 108 Å². The second-order valence-corrected chi connectivity index (χ2v) is 11.3. The number of H-pyrrole nitrogens is 1. The summed E-state index contributed by atoms with van der Waals surface area (Å²) in [7, 11) is 0. The number of aromatic amines is 1. The molecule has 0 spiro atoms. The first kappa shape index (κ1) is 34.8. The number of nitrogens with zero attached hydrogens (tertiary/aromatic N) is 1. The number of unbranched alkanes of at least 4 members (excludes halogenated alkanes) is 11. The van der Waals surface area contributed by atoms with E-state index in [0.29, 0.717) is 23.9 Å². The predicted molar refractivity (Wildman–Crippen MR) is 167 cm³/mol. The number of carbonyl (C=O) groups excluding carboxylic acids is 1. The summed E-state index contributed by atoms with van der Waals surface area (Å²) in [6.07, 6.45) is 20.5. The van der Waals surface area contributed by atoms with Crippen molar-refractivity contribution >= 4 is 23.2 Å². The minimum atomic E-state index is -0.000828. The third kappa shape index (κ3) is 13.4. The van der Waals surface area contributed by atoms with Gasteiger partial charge in [-0.05, 0) is 47.9 Å². The topological polar surface area (TPSA) is 43.7 Å². The standard InChI is InChI=1S/C35H47ClN2O2.BrH/c1-3-4-5-6-7-8-9-10-11-12-13-14-23-40-35-26-32(20-21-34(35)36)28-38(29(2)39)33-19-15-17-30(25-33)24-31-18-16-22-37-27-31;/h15-22,25-27H,3-14,23-24,28H2,1-2H3;1H. The highest BCUT2D eigenvalue weighted by atomic mass is 79.9. The first-order valence-electron chi connectivity index (χ1n) is 15.3. The van der Waals surface area contributed by atoms with Gasteiger partial charge in [0.1, 0.15) is 5.75 Å². The predicted octanol–water partition coefficient (Wildman–Crippen LogP) is 6.38. The summed E-state index contributed by atoms with van der Waals surface area (Å²) in [4.78, 5) is 17.6. The molecule has 41 heavy (non-hydrogen) atoms. The van der Waals surface area contributed by atoms with Gasteiger partial charge in [0.05, 0.1) is 18.2 Å². The van der Waals surface area contributed by atoms with Crippen LogP contribution in [-0.4, -0.2) is 12.5 Å². The van der Waals surface area contributed by atoms with Gasteiger partial charge in [0, 0.05) is 30.7 Å². The molecule has 1 aromatic heterocycles. The van der Waals surface area contributed by atoms with Gasteiger partial charge in [-0.25, -0.2) is 4.98 Å². The molecular formula is C35H48BrClN2O2. The number of halogens is 2. The maximum atomic E-state index is 12.6. The van der Waals surface area contributed by atoms with Gasteiger partial charge in [-0.15, -0.1) is 0 Å². The Balaban J connectivity index is 0.00000588. The van der Waals surface area contributed by atoms with Crippen molar-refractivity contribution in [3.63, 3.8) is 0 Å². The highest BCUT2D eigenvalue weighted by molar-refractivity contribution is 6.32. The van der Waals surface area contributed by atoms with E-state index in [1.54, 1.807) is 11.8 Å². The molecule has 0 bridgehead atoms. The second-order valence-electron chi connectivity index (χ2n) is 10.9. The largest absolute Gasteiger partial charge is 1.00 e. The van der Waals surface area contributed by atoms with Crippen LogP contribution in [0.3, 0.4) is 0 Å². The first-order valence-corrected chi connectivity index (χ1v) is 15.7. The van der Waals surface area contributed by atoms with E-state index >= 15 is 0 Å².